The van der Waals surface area contributed by atoms with E-state index in [4.69, 9.17) is 4.74 Å². The molecule has 0 aliphatic heterocycles. The molecule has 2 rings (SSSR count). The molecular weight excluding hydrogens is 493 g/mol. The lowest BCUT2D eigenvalue weighted by Gasteiger charge is -2.20. The maximum Gasteiger partial charge on any atom is 0.257 e. The summed E-state index contributed by atoms with van der Waals surface area (Å²) >= 11 is 0. The largest absolute Gasteiger partial charge is 0.392 e. The average Bonchev–Trinajstić information content (AvgIpc) is 2.87. The highest BCUT2D eigenvalue weighted by atomic mass is 19.2. The Hall–Kier alpha value is -2.96. The number of unbranched alkanes of at least 4 members (excludes halogenated alkanes) is 2. The zero-order chi connectivity index (χ0) is 27.4. The Bertz CT molecular complexity index is 1050. The van der Waals surface area contributed by atoms with Gasteiger partial charge in [0.2, 0.25) is 5.82 Å². The zero-order valence-electron chi connectivity index (χ0n) is 20.9. The summed E-state index contributed by atoms with van der Waals surface area (Å²) in [5.74, 6) is -6.64. The van der Waals surface area contributed by atoms with E-state index in [-0.39, 0.29) is 18.9 Å². The van der Waals surface area contributed by atoms with Gasteiger partial charge in [-0.2, -0.15) is 0 Å². The van der Waals surface area contributed by atoms with Crippen LogP contribution >= 0.6 is 0 Å². The molecule has 4 nitrogen and oxygen atoms in total. The molecule has 0 aromatic heterocycles. The predicted molar refractivity (Wildman–Crippen MR) is 130 cm³/mol. The molecule has 2 aromatic rings. The summed E-state index contributed by atoms with van der Waals surface area (Å²) in [4.78, 5) is 12.1. The molecule has 0 fully saturated rings. The van der Waals surface area contributed by atoms with Crippen molar-refractivity contribution in [3.63, 3.8) is 0 Å². The first kappa shape index (κ1) is 30.3. The standard InChI is InChI=1S/C28H32F5NO3/c1-18(2)16-20(12-8-3-4-9-15-37-17-19-10-6-5-7-11-19)21(35)13-14-34-28(36)22-23(29)25(31)27(33)26(32)24(22)30/h5-7,10-11,18,20-21,35H,3-4,9,13-17H2,1-2H3,(H,34,36)/t20-,21-/m1/s1. The van der Waals surface area contributed by atoms with Gasteiger partial charge in [-0.25, -0.2) is 22.0 Å². The Morgan fingerprint density at radius 3 is 2.22 bits per heavy atom. The van der Waals surface area contributed by atoms with Gasteiger partial charge in [0.15, 0.2) is 23.3 Å². The van der Waals surface area contributed by atoms with Gasteiger partial charge in [-0.05, 0) is 37.2 Å². The van der Waals surface area contributed by atoms with Crippen LogP contribution in [0.3, 0.4) is 0 Å². The second-order valence-electron chi connectivity index (χ2n) is 9.11. The zero-order valence-corrected chi connectivity index (χ0v) is 20.9. The molecule has 2 aromatic carbocycles. The first-order valence-corrected chi connectivity index (χ1v) is 12.2. The van der Waals surface area contributed by atoms with E-state index >= 15 is 0 Å². The van der Waals surface area contributed by atoms with Crippen LogP contribution in [0, 0.1) is 52.8 Å². The van der Waals surface area contributed by atoms with Gasteiger partial charge in [-0.3, -0.25) is 4.79 Å². The molecule has 0 aliphatic rings. The normalized spacial score (nSPS) is 12.7. The summed E-state index contributed by atoms with van der Waals surface area (Å²) in [7, 11) is 0. The van der Waals surface area contributed by atoms with Crippen LogP contribution < -0.4 is 5.32 Å². The number of carbonyl (C=O) groups is 1. The molecule has 0 saturated carbocycles. The molecule has 0 saturated heterocycles. The SMILES string of the molecule is CC(C)C[C@@H](C#CCCCCOCc1ccccc1)[C@H](O)CCNC(=O)c1c(F)c(F)c(F)c(F)c1F. The molecule has 0 bridgehead atoms. The monoisotopic (exact) mass is 525 g/mol. The quantitative estimate of drug-likeness (QED) is 0.112. The number of benzene rings is 2. The van der Waals surface area contributed by atoms with Gasteiger partial charge in [0.05, 0.1) is 12.7 Å². The minimum absolute atomic E-state index is 0.0134. The van der Waals surface area contributed by atoms with Gasteiger partial charge in [0.1, 0.15) is 5.56 Å². The minimum Gasteiger partial charge on any atom is -0.392 e. The molecule has 9 heteroatoms. The van der Waals surface area contributed by atoms with Crippen LogP contribution in [0.15, 0.2) is 30.3 Å². The van der Waals surface area contributed by atoms with Gasteiger partial charge in [0.25, 0.3) is 5.91 Å². The third-order valence-electron chi connectivity index (χ3n) is 5.59. The number of ether oxygens (including phenoxy) is 1. The van der Waals surface area contributed by atoms with Crippen LogP contribution in [0.4, 0.5) is 22.0 Å². The molecule has 2 atom stereocenters. The Morgan fingerprint density at radius 1 is 0.973 bits per heavy atom. The number of carbonyl (C=O) groups excluding carboxylic acids is 1. The van der Waals surface area contributed by atoms with Gasteiger partial charge in [-0.15, -0.1) is 5.92 Å². The highest BCUT2D eigenvalue weighted by molar-refractivity contribution is 5.94. The summed E-state index contributed by atoms with van der Waals surface area (Å²) in [6.07, 6.45) is 1.89. The number of hydrogen-bond donors (Lipinski definition) is 2. The fraction of sp³-hybridized carbons (Fsp3) is 0.464. The fourth-order valence-electron chi connectivity index (χ4n) is 3.63. The summed E-state index contributed by atoms with van der Waals surface area (Å²) in [6, 6.07) is 9.85. The van der Waals surface area contributed by atoms with Crippen LogP contribution in [0.1, 0.15) is 61.9 Å². The van der Waals surface area contributed by atoms with Gasteiger partial charge < -0.3 is 15.2 Å². The Kier molecular flexibility index (Phi) is 12.5. The van der Waals surface area contributed by atoms with Gasteiger partial charge >= 0.3 is 0 Å². The van der Waals surface area contributed by atoms with Crippen LogP contribution in [0.2, 0.25) is 0 Å². The van der Waals surface area contributed by atoms with E-state index in [9.17, 15) is 31.9 Å². The number of aliphatic hydroxyl groups is 1. The highest BCUT2D eigenvalue weighted by Crippen LogP contribution is 2.23. The third-order valence-corrected chi connectivity index (χ3v) is 5.59. The molecule has 202 valence electrons. The van der Waals surface area contributed by atoms with Crippen molar-refractivity contribution < 1.29 is 36.6 Å². The van der Waals surface area contributed by atoms with Crippen molar-refractivity contribution in [3.05, 3.63) is 70.5 Å². The summed E-state index contributed by atoms with van der Waals surface area (Å²) in [5, 5.41) is 12.7. The number of amides is 1. The lowest BCUT2D eigenvalue weighted by molar-refractivity contribution is 0.0908. The van der Waals surface area contributed by atoms with E-state index in [1.165, 1.54) is 0 Å². The molecule has 1 amide bonds. The molecule has 37 heavy (non-hydrogen) atoms. The summed E-state index contributed by atoms with van der Waals surface area (Å²) in [6.45, 7) is 4.86. The molecule has 0 heterocycles. The highest BCUT2D eigenvalue weighted by Gasteiger charge is 2.29. The number of nitrogens with one attached hydrogen (secondary N) is 1. The van der Waals surface area contributed by atoms with Gasteiger partial charge in [0, 0.05) is 25.5 Å². The van der Waals surface area contributed by atoms with Crippen molar-refractivity contribution in [3.8, 4) is 11.8 Å². The third kappa shape index (κ3) is 9.45. The first-order valence-electron chi connectivity index (χ1n) is 12.2. The smallest absolute Gasteiger partial charge is 0.257 e. The summed E-state index contributed by atoms with van der Waals surface area (Å²) < 4.78 is 73.1. The fourth-order valence-corrected chi connectivity index (χ4v) is 3.63. The van der Waals surface area contributed by atoms with E-state index < -0.39 is 52.6 Å². The Labute approximate surface area is 214 Å². The maximum atomic E-state index is 13.8. The second-order valence-corrected chi connectivity index (χ2v) is 9.11. The Balaban J connectivity index is 1.80. The molecule has 0 spiro atoms. The van der Waals surface area contributed by atoms with E-state index in [1.807, 2.05) is 44.2 Å². The van der Waals surface area contributed by atoms with E-state index in [0.717, 1.165) is 18.4 Å². The number of aliphatic hydroxyl groups excluding tert-OH is 1. The van der Waals surface area contributed by atoms with Crippen LogP contribution in [0.5, 0.6) is 0 Å². The maximum absolute atomic E-state index is 13.8. The number of halogens is 5. The number of rotatable bonds is 13. The molecule has 0 aliphatic carbocycles. The molecular formula is C28H32F5NO3. The van der Waals surface area contributed by atoms with Crippen LogP contribution in [-0.4, -0.2) is 30.3 Å². The average molecular weight is 526 g/mol. The van der Waals surface area contributed by atoms with E-state index in [0.29, 0.717) is 26.1 Å². The lowest BCUT2D eigenvalue weighted by atomic mass is 9.90. The molecule has 0 radical (unpaired) electrons. The van der Waals surface area contributed by atoms with E-state index in [2.05, 4.69) is 17.2 Å². The van der Waals surface area contributed by atoms with Crippen molar-refractivity contribution in [2.75, 3.05) is 13.2 Å². The van der Waals surface area contributed by atoms with Crippen LogP contribution in [0.25, 0.3) is 0 Å². The van der Waals surface area contributed by atoms with Crippen molar-refractivity contribution in [1.29, 1.82) is 0 Å². The van der Waals surface area contributed by atoms with E-state index in [1.54, 1.807) is 0 Å². The first-order chi connectivity index (χ1) is 17.6. The number of hydrogen-bond acceptors (Lipinski definition) is 3. The van der Waals surface area contributed by atoms with Crippen molar-refractivity contribution in [2.24, 2.45) is 11.8 Å². The minimum atomic E-state index is -2.34. The van der Waals surface area contributed by atoms with Crippen molar-refractivity contribution in [1.82, 2.24) is 5.32 Å². The predicted octanol–water partition coefficient (Wildman–Crippen LogP) is 5.92. The van der Waals surface area contributed by atoms with Gasteiger partial charge in [-0.1, -0.05) is 50.1 Å². The Morgan fingerprint density at radius 2 is 1.59 bits per heavy atom. The topological polar surface area (TPSA) is 58.6 Å². The van der Waals surface area contributed by atoms with Crippen LogP contribution in [-0.2, 0) is 11.3 Å². The molecule has 0 unspecified atom stereocenters. The van der Waals surface area contributed by atoms with Crippen molar-refractivity contribution in [2.45, 2.75) is 58.7 Å². The summed E-state index contributed by atoms with van der Waals surface area (Å²) in [5.41, 5.74) is -0.451. The lowest BCUT2D eigenvalue weighted by Crippen LogP contribution is -2.31. The van der Waals surface area contributed by atoms with Crippen molar-refractivity contribution >= 4 is 5.91 Å². The second kappa shape index (κ2) is 15.3. The molecule has 2 N–H and O–H groups in total.